The Kier molecular flexibility index (Phi) is 3.80. The molecule has 0 saturated carbocycles. The highest BCUT2D eigenvalue weighted by Crippen LogP contribution is 2.22. The predicted molar refractivity (Wildman–Crippen MR) is 59.3 cm³/mol. The molecule has 1 aromatic rings. The van der Waals surface area contributed by atoms with Gasteiger partial charge in [-0.05, 0) is 42.6 Å². The molecule has 1 rings (SSSR count). The average molecular weight is 266 g/mol. The predicted octanol–water partition coefficient (Wildman–Crippen LogP) is 3.05. The zero-order valence-corrected chi connectivity index (χ0v) is 10.5. The number of nitrogens with zero attached hydrogens (tertiary/aromatic N) is 2. The normalized spacial score (nSPS) is 13.3. The molecule has 0 bridgehead atoms. The van der Waals surface area contributed by atoms with Crippen molar-refractivity contribution in [2.75, 3.05) is 0 Å². The second kappa shape index (κ2) is 4.47. The molecule has 1 heterocycles. The zero-order valence-electron chi connectivity index (χ0n) is 8.14. The Hall–Kier alpha value is -0.0200. The van der Waals surface area contributed by atoms with Gasteiger partial charge < -0.3 is 0 Å². The van der Waals surface area contributed by atoms with Gasteiger partial charge in [-0.25, -0.2) is 0 Å². The summed E-state index contributed by atoms with van der Waals surface area (Å²) in [5, 5.41) is 4.54. The van der Waals surface area contributed by atoms with Gasteiger partial charge in [-0.15, -0.1) is 11.6 Å². The summed E-state index contributed by atoms with van der Waals surface area (Å²) in [5.74, 6) is 0. The van der Waals surface area contributed by atoms with E-state index in [0.717, 1.165) is 23.0 Å². The lowest BCUT2D eigenvalue weighted by atomic mass is 10.2. The van der Waals surface area contributed by atoms with Crippen molar-refractivity contribution in [2.45, 2.75) is 32.1 Å². The van der Waals surface area contributed by atoms with Gasteiger partial charge in [-0.3, -0.25) is 4.68 Å². The molecule has 0 aliphatic carbocycles. The highest BCUT2D eigenvalue weighted by molar-refractivity contribution is 9.10. The van der Waals surface area contributed by atoms with E-state index in [2.05, 4.69) is 21.0 Å². The topological polar surface area (TPSA) is 17.8 Å². The Morgan fingerprint density at radius 3 is 2.62 bits per heavy atom. The zero-order chi connectivity index (χ0) is 10.0. The molecule has 0 N–H and O–H groups in total. The van der Waals surface area contributed by atoms with E-state index in [0.29, 0.717) is 0 Å². The van der Waals surface area contributed by atoms with Crippen molar-refractivity contribution in [2.24, 2.45) is 7.05 Å². The minimum atomic E-state index is 0.224. The van der Waals surface area contributed by atoms with Gasteiger partial charge in [0, 0.05) is 12.4 Å². The second-order valence-corrected chi connectivity index (χ2v) is 4.83. The molecule has 0 radical (unpaired) electrons. The Morgan fingerprint density at radius 1 is 1.62 bits per heavy atom. The molecular weight excluding hydrogens is 251 g/mol. The van der Waals surface area contributed by atoms with E-state index < -0.39 is 0 Å². The molecule has 2 nitrogen and oxygen atoms in total. The lowest BCUT2D eigenvalue weighted by Gasteiger charge is -2.04. The smallest absolute Gasteiger partial charge is 0.0738 e. The van der Waals surface area contributed by atoms with E-state index in [-0.39, 0.29) is 5.38 Å². The maximum absolute atomic E-state index is 5.89. The summed E-state index contributed by atoms with van der Waals surface area (Å²) in [7, 11) is 1.96. The van der Waals surface area contributed by atoms with Gasteiger partial charge in [0.25, 0.3) is 0 Å². The van der Waals surface area contributed by atoms with Crippen molar-refractivity contribution in [3.63, 3.8) is 0 Å². The molecule has 0 aliphatic rings. The fraction of sp³-hybridized carbons (Fsp3) is 0.667. The van der Waals surface area contributed by atoms with Crippen LogP contribution in [0, 0.1) is 6.92 Å². The van der Waals surface area contributed by atoms with E-state index in [1.54, 1.807) is 0 Å². The molecule has 74 valence electrons. The fourth-order valence-corrected chi connectivity index (χ4v) is 1.93. The molecular formula is C9H14BrClN2. The maximum atomic E-state index is 5.89. The summed E-state index contributed by atoms with van der Waals surface area (Å²) in [6.45, 7) is 4.01. The molecule has 0 saturated heterocycles. The standard InChI is InChI=1S/C9H14BrClN2/c1-6(11)4-5-8-9(10)7(2)12-13(8)3/h6H,4-5H2,1-3H3. The van der Waals surface area contributed by atoms with E-state index in [4.69, 9.17) is 11.6 Å². The minimum absolute atomic E-state index is 0.224. The summed E-state index contributed by atoms with van der Waals surface area (Å²) in [6, 6.07) is 0. The van der Waals surface area contributed by atoms with Crippen LogP contribution in [-0.4, -0.2) is 15.2 Å². The number of alkyl halides is 1. The first-order valence-corrected chi connectivity index (χ1v) is 5.57. The van der Waals surface area contributed by atoms with Gasteiger partial charge in [0.05, 0.1) is 15.9 Å². The van der Waals surface area contributed by atoms with Crippen LogP contribution in [0.1, 0.15) is 24.7 Å². The van der Waals surface area contributed by atoms with Gasteiger partial charge in [0.1, 0.15) is 0 Å². The molecule has 13 heavy (non-hydrogen) atoms. The van der Waals surface area contributed by atoms with E-state index in [9.17, 15) is 0 Å². The summed E-state index contributed by atoms with van der Waals surface area (Å²) in [4.78, 5) is 0. The van der Waals surface area contributed by atoms with Crippen molar-refractivity contribution in [1.29, 1.82) is 0 Å². The van der Waals surface area contributed by atoms with E-state index >= 15 is 0 Å². The molecule has 0 aliphatic heterocycles. The summed E-state index contributed by atoms with van der Waals surface area (Å²) in [5.41, 5.74) is 2.27. The lowest BCUT2D eigenvalue weighted by Crippen LogP contribution is -2.02. The van der Waals surface area contributed by atoms with Crippen LogP contribution in [0.5, 0.6) is 0 Å². The SMILES string of the molecule is Cc1nn(C)c(CCC(C)Cl)c1Br. The molecule has 0 aromatic carbocycles. The molecule has 1 atom stereocenters. The Morgan fingerprint density at radius 2 is 2.23 bits per heavy atom. The fourth-order valence-electron chi connectivity index (χ4n) is 1.29. The van der Waals surface area contributed by atoms with Crippen LogP contribution in [-0.2, 0) is 13.5 Å². The third-order valence-electron chi connectivity index (χ3n) is 2.04. The van der Waals surface area contributed by atoms with E-state index in [1.807, 2.05) is 25.6 Å². The Labute approximate surface area is 92.4 Å². The minimum Gasteiger partial charge on any atom is -0.271 e. The third kappa shape index (κ3) is 2.71. The van der Waals surface area contributed by atoms with Crippen LogP contribution in [0.2, 0.25) is 0 Å². The molecule has 1 aromatic heterocycles. The summed E-state index contributed by atoms with van der Waals surface area (Å²) < 4.78 is 3.03. The number of aryl methyl sites for hydroxylation is 2. The number of rotatable bonds is 3. The molecule has 0 fully saturated rings. The van der Waals surface area contributed by atoms with Gasteiger partial charge >= 0.3 is 0 Å². The number of aromatic nitrogens is 2. The van der Waals surface area contributed by atoms with Crippen LogP contribution >= 0.6 is 27.5 Å². The first-order valence-electron chi connectivity index (χ1n) is 4.34. The number of hydrogen-bond acceptors (Lipinski definition) is 1. The van der Waals surface area contributed by atoms with Crippen LogP contribution in [0.4, 0.5) is 0 Å². The molecule has 0 amide bonds. The van der Waals surface area contributed by atoms with Crippen LogP contribution in [0.15, 0.2) is 4.47 Å². The van der Waals surface area contributed by atoms with Crippen molar-refractivity contribution in [3.05, 3.63) is 15.9 Å². The van der Waals surface area contributed by atoms with Crippen molar-refractivity contribution in [1.82, 2.24) is 9.78 Å². The van der Waals surface area contributed by atoms with Crippen LogP contribution < -0.4 is 0 Å². The van der Waals surface area contributed by atoms with Crippen LogP contribution in [0.3, 0.4) is 0 Å². The molecule has 1 unspecified atom stereocenters. The van der Waals surface area contributed by atoms with Gasteiger partial charge in [-0.1, -0.05) is 0 Å². The average Bonchev–Trinajstić information content (AvgIpc) is 2.24. The lowest BCUT2D eigenvalue weighted by molar-refractivity contribution is 0.674. The van der Waals surface area contributed by atoms with Gasteiger partial charge in [0.2, 0.25) is 0 Å². The number of halogens is 2. The van der Waals surface area contributed by atoms with Gasteiger partial charge in [0.15, 0.2) is 0 Å². The molecule has 0 spiro atoms. The van der Waals surface area contributed by atoms with Crippen LogP contribution in [0.25, 0.3) is 0 Å². The maximum Gasteiger partial charge on any atom is 0.0738 e. The van der Waals surface area contributed by atoms with Gasteiger partial charge in [-0.2, -0.15) is 5.10 Å². The summed E-state index contributed by atoms with van der Waals surface area (Å²) in [6.07, 6.45) is 1.96. The molecule has 4 heteroatoms. The largest absolute Gasteiger partial charge is 0.271 e. The number of hydrogen-bond donors (Lipinski definition) is 0. The van der Waals surface area contributed by atoms with E-state index in [1.165, 1.54) is 5.69 Å². The van der Waals surface area contributed by atoms with Crippen molar-refractivity contribution >= 4 is 27.5 Å². The monoisotopic (exact) mass is 264 g/mol. The second-order valence-electron chi connectivity index (χ2n) is 3.29. The quantitative estimate of drug-likeness (QED) is 0.768. The summed E-state index contributed by atoms with van der Waals surface area (Å²) >= 11 is 9.42. The Balaban J connectivity index is 2.76. The first-order chi connectivity index (χ1) is 6.02. The Bertz CT molecular complexity index is 294. The third-order valence-corrected chi connectivity index (χ3v) is 3.29. The first kappa shape index (κ1) is 11.1. The van der Waals surface area contributed by atoms with Crippen molar-refractivity contribution in [3.8, 4) is 0 Å². The highest BCUT2D eigenvalue weighted by Gasteiger charge is 2.10. The highest BCUT2D eigenvalue weighted by atomic mass is 79.9. The van der Waals surface area contributed by atoms with Crippen molar-refractivity contribution < 1.29 is 0 Å².